The standard InChI is InChI=1S/C7H8OS/c1-2-6-4-3-5-7(9)8-6/h1,6H,3-5H2. The van der Waals surface area contributed by atoms with E-state index in [4.69, 9.17) is 23.4 Å². The molecular weight excluding hydrogens is 132 g/mol. The molecule has 1 rings (SSSR count). The summed E-state index contributed by atoms with van der Waals surface area (Å²) < 4.78 is 5.13. The van der Waals surface area contributed by atoms with Crippen molar-refractivity contribution in [1.29, 1.82) is 0 Å². The zero-order chi connectivity index (χ0) is 6.69. The summed E-state index contributed by atoms with van der Waals surface area (Å²) in [5, 5.41) is 0.671. The highest BCUT2D eigenvalue weighted by molar-refractivity contribution is 7.80. The second-order valence-corrected chi connectivity index (χ2v) is 2.49. The van der Waals surface area contributed by atoms with Crippen LogP contribution in [-0.2, 0) is 4.74 Å². The average molecular weight is 140 g/mol. The van der Waals surface area contributed by atoms with Crippen molar-refractivity contribution >= 4 is 17.3 Å². The fourth-order valence-corrected chi connectivity index (χ4v) is 1.09. The summed E-state index contributed by atoms with van der Waals surface area (Å²) in [5.74, 6) is 2.52. The van der Waals surface area contributed by atoms with Crippen LogP contribution in [0.15, 0.2) is 0 Å². The lowest BCUT2D eigenvalue weighted by Gasteiger charge is -2.18. The van der Waals surface area contributed by atoms with Crippen molar-refractivity contribution < 1.29 is 4.74 Å². The quantitative estimate of drug-likeness (QED) is 0.372. The minimum atomic E-state index is -0.0498. The molecule has 2 heteroatoms. The molecule has 1 unspecified atom stereocenters. The molecule has 1 aliphatic rings. The highest BCUT2D eigenvalue weighted by Crippen LogP contribution is 2.13. The highest BCUT2D eigenvalue weighted by atomic mass is 32.1. The summed E-state index contributed by atoms with van der Waals surface area (Å²) in [7, 11) is 0. The predicted molar refractivity (Wildman–Crippen MR) is 40.2 cm³/mol. The van der Waals surface area contributed by atoms with Crippen LogP contribution in [0.3, 0.4) is 0 Å². The third-order valence-electron chi connectivity index (χ3n) is 1.31. The molecule has 9 heavy (non-hydrogen) atoms. The van der Waals surface area contributed by atoms with Crippen molar-refractivity contribution in [2.45, 2.75) is 25.4 Å². The van der Waals surface area contributed by atoms with Gasteiger partial charge in [-0.3, -0.25) is 0 Å². The summed E-state index contributed by atoms with van der Waals surface area (Å²) in [4.78, 5) is 0. The Hall–Kier alpha value is -0.550. The third kappa shape index (κ3) is 1.69. The van der Waals surface area contributed by atoms with Gasteiger partial charge in [-0.15, -0.1) is 6.42 Å². The Morgan fingerprint density at radius 1 is 1.78 bits per heavy atom. The smallest absolute Gasteiger partial charge is 0.161 e. The second kappa shape index (κ2) is 2.84. The largest absolute Gasteiger partial charge is 0.471 e. The van der Waals surface area contributed by atoms with Crippen LogP contribution in [0.4, 0.5) is 0 Å². The molecule has 1 saturated heterocycles. The fraction of sp³-hybridized carbons (Fsp3) is 0.571. The first-order valence-corrected chi connectivity index (χ1v) is 3.39. The molecular formula is C7H8OS. The Kier molecular flexibility index (Phi) is 2.07. The monoisotopic (exact) mass is 140 g/mol. The minimum absolute atomic E-state index is 0.0498. The molecule has 0 aromatic rings. The molecule has 0 saturated carbocycles. The van der Waals surface area contributed by atoms with E-state index < -0.39 is 0 Å². The van der Waals surface area contributed by atoms with Gasteiger partial charge in [0.25, 0.3) is 0 Å². The molecule has 0 aliphatic carbocycles. The van der Waals surface area contributed by atoms with E-state index in [1.165, 1.54) is 0 Å². The van der Waals surface area contributed by atoms with Gasteiger partial charge in [0.2, 0.25) is 0 Å². The first-order chi connectivity index (χ1) is 4.33. The second-order valence-electron chi connectivity index (χ2n) is 2.04. The molecule has 0 bridgehead atoms. The van der Waals surface area contributed by atoms with Gasteiger partial charge < -0.3 is 4.74 Å². The van der Waals surface area contributed by atoms with Gasteiger partial charge in [-0.2, -0.15) is 0 Å². The maximum atomic E-state index is 5.13. The maximum Gasteiger partial charge on any atom is 0.161 e. The van der Waals surface area contributed by atoms with Crippen LogP contribution < -0.4 is 0 Å². The normalized spacial score (nSPS) is 26.6. The summed E-state index contributed by atoms with van der Waals surface area (Å²) in [6.07, 6.45) is 8.01. The van der Waals surface area contributed by atoms with E-state index >= 15 is 0 Å². The fourth-order valence-electron chi connectivity index (χ4n) is 0.826. The third-order valence-corrected chi connectivity index (χ3v) is 1.61. The Bertz CT molecular complexity index is 157. The van der Waals surface area contributed by atoms with Crippen LogP contribution in [0.25, 0.3) is 0 Å². The number of thiocarbonyl (C=S) groups is 1. The molecule has 0 amide bonds. The number of hydrogen-bond donors (Lipinski definition) is 0. The van der Waals surface area contributed by atoms with Crippen molar-refractivity contribution in [3.05, 3.63) is 0 Å². The summed E-state index contributed by atoms with van der Waals surface area (Å²) in [5.41, 5.74) is 0. The molecule has 0 radical (unpaired) electrons. The lowest BCUT2D eigenvalue weighted by atomic mass is 10.1. The van der Waals surface area contributed by atoms with Crippen molar-refractivity contribution in [3.8, 4) is 12.3 Å². The van der Waals surface area contributed by atoms with E-state index in [1.54, 1.807) is 0 Å². The van der Waals surface area contributed by atoms with Crippen molar-refractivity contribution in [1.82, 2.24) is 0 Å². The number of rotatable bonds is 0. The van der Waals surface area contributed by atoms with Gasteiger partial charge >= 0.3 is 0 Å². The van der Waals surface area contributed by atoms with Crippen molar-refractivity contribution in [2.75, 3.05) is 0 Å². The van der Waals surface area contributed by atoms with Crippen LogP contribution in [0.2, 0.25) is 0 Å². The van der Waals surface area contributed by atoms with E-state index in [1.807, 2.05) is 0 Å². The maximum absolute atomic E-state index is 5.13. The molecule has 1 nitrogen and oxygen atoms in total. The van der Waals surface area contributed by atoms with Crippen LogP contribution in [-0.4, -0.2) is 11.2 Å². The topological polar surface area (TPSA) is 9.23 Å². The number of terminal acetylenes is 1. The van der Waals surface area contributed by atoms with Gasteiger partial charge in [-0.25, -0.2) is 0 Å². The SMILES string of the molecule is C#CC1CCCC(=S)O1. The lowest BCUT2D eigenvalue weighted by Crippen LogP contribution is -2.20. The molecule has 0 spiro atoms. The Morgan fingerprint density at radius 3 is 3.00 bits per heavy atom. The lowest BCUT2D eigenvalue weighted by molar-refractivity contribution is 0.209. The Labute approximate surface area is 60.4 Å². The molecule has 1 atom stereocenters. The van der Waals surface area contributed by atoms with Crippen molar-refractivity contribution in [3.63, 3.8) is 0 Å². The van der Waals surface area contributed by atoms with Crippen LogP contribution in [0.1, 0.15) is 19.3 Å². The number of hydrogen-bond acceptors (Lipinski definition) is 2. The molecule has 1 fully saturated rings. The molecule has 1 heterocycles. The van der Waals surface area contributed by atoms with Gasteiger partial charge in [0.1, 0.15) is 0 Å². The van der Waals surface area contributed by atoms with Crippen molar-refractivity contribution in [2.24, 2.45) is 0 Å². The Morgan fingerprint density at radius 2 is 2.56 bits per heavy atom. The zero-order valence-corrected chi connectivity index (χ0v) is 5.91. The van der Waals surface area contributed by atoms with Gasteiger partial charge in [-0.1, -0.05) is 5.92 Å². The molecule has 1 aliphatic heterocycles. The van der Waals surface area contributed by atoms with Crippen LogP contribution in [0.5, 0.6) is 0 Å². The Balaban J connectivity index is 2.43. The van der Waals surface area contributed by atoms with E-state index in [0.29, 0.717) is 5.05 Å². The summed E-state index contributed by atoms with van der Waals surface area (Å²) >= 11 is 4.83. The van der Waals surface area contributed by atoms with Crippen LogP contribution >= 0.6 is 12.2 Å². The zero-order valence-electron chi connectivity index (χ0n) is 5.09. The summed E-state index contributed by atoms with van der Waals surface area (Å²) in [6, 6.07) is 0. The molecule has 0 aromatic carbocycles. The van der Waals surface area contributed by atoms with Crippen LogP contribution in [0, 0.1) is 12.3 Å². The van der Waals surface area contributed by atoms with E-state index in [9.17, 15) is 0 Å². The molecule has 0 N–H and O–H groups in total. The minimum Gasteiger partial charge on any atom is -0.471 e. The van der Waals surface area contributed by atoms with Gasteiger partial charge in [0.05, 0.1) is 0 Å². The van der Waals surface area contributed by atoms with Gasteiger partial charge in [0, 0.05) is 6.42 Å². The van der Waals surface area contributed by atoms with E-state index in [2.05, 4.69) is 5.92 Å². The highest BCUT2D eigenvalue weighted by Gasteiger charge is 2.14. The van der Waals surface area contributed by atoms with E-state index in [0.717, 1.165) is 19.3 Å². The molecule has 48 valence electrons. The predicted octanol–water partition coefficient (Wildman–Crippen LogP) is 1.52. The molecule has 0 aromatic heterocycles. The summed E-state index contributed by atoms with van der Waals surface area (Å²) in [6.45, 7) is 0. The first kappa shape index (κ1) is 6.57. The van der Waals surface area contributed by atoms with Gasteiger partial charge in [-0.05, 0) is 25.1 Å². The average Bonchev–Trinajstić information content (AvgIpc) is 1.88. The number of ether oxygens (including phenoxy) is 1. The van der Waals surface area contributed by atoms with Gasteiger partial charge in [0.15, 0.2) is 11.2 Å². The first-order valence-electron chi connectivity index (χ1n) is 2.98. The van der Waals surface area contributed by atoms with E-state index in [-0.39, 0.29) is 6.10 Å².